The minimum atomic E-state index is -5.08. The van der Waals surface area contributed by atoms with Crippen molar-refractivity contribution in [1.29, 1.82) is 0 Å². The summed E-state index contributed by atoms with van der Waals surface area (Å²) in [5.41, 5.74) is 0. The maximum atomic E-state index is 10.8. The van der Waals surface area contributed by atoms with Gasteiger partial charge in [0.15, 0.2) is 0 Å². The van der Waals surface area contributed by atoms with E-state index in [4.69, 9.17) is 9.90 Å². The number of carbonyl (C=O) groups excluding carboxylic acids is 1. The molecule has 0 aromatic heterocycles. The summed E-state index contributed by atoms with van der Waals surface area (Å²) in [6.45, 7) is 4.16. The quantitative estimate of drug-likeness (QED) is 0.805. The molecule has 0 spiro atoms. The van der Waals surface area contributed by atoms with Crippen LogP contribution < -0.4 is 0 Å². The Kier molecular flexibility index (Phi) is 9.94. The van der Waals surface area contributed by atoms with E-state index in [1.165, 1.54) is 0 Å². The monoisotopic (exact) mass is 242 g/mol. The Hall–Kier alpha value is -1.07. The van der Waals surface area contributed by atoms with Gasteiger partial charge < -0.3 is 5.11 Å². The third-order valence-corrected chi connectivity index (χ3v) is 1.58. The molecule has 0 atom stereocenters. The van der Waals surface area contributed by atoms with Gasteiger partial charge in [0.2, 0.25) is 0 Å². The van der Waals surface area contributed by atoms with E-state index in [0.29, 0.717) is 5.78 Å². The zero-order valence-electron chi connectivity index (χ0n) is 9.43. The van der Waals surface area contributed by atoms with E-state index in [1.807, 2.05) is 6.92 Å². The van der Waals surface area contributed by atoms with Crippen LogP contribution in [0.2, 0.25) is 0 Å². The minimum Gasteiger partial charge on any atom is -0.475 e. The van der Waals surface area contributed by atoms with Gasteiger partial charge in [0.05, 0.1) is 0 Å². The van der Waals surface area contributed by atoms with Crippen molar-refractivity contribution in [3.63, 3.8) is 0 Å². The summed E-state index contributed by atoms with van der Waals surface area (Å²) in [4.78, 5) is 19.7. The normalized spacial score (nSPS) is 10.3. The zero-order chi connectivity index (χ0) is 13.2. The molecule has 0 aliphatic carbocycles. The SMILES string of the molecule is CCCCC(=O)CCC.O=C(O)C(F)(F)F. The Morgan fingerprint density at radius 2 is 1.50 bits per heavy atom. The van der Waals surface area contributed by atoms with E-state index in [1.54, 1.807) is 0 Å². The number of carbonyl (C=O) groups is 2. The molecule has 0 heterocycles. The number of unbranched alkanes of at least 4 members (excludes halogenated alkanes) is 1. The van der Waals surface area contributed by atoms with Gasteiger partial charge in [-0.3, -0.25) is 4.79 Å². The maximum Gasteiger partial charge on any atom is 0.490 e. The number of ketones is 1. The van der Waals surface area contributed by atoms with E-state index >= 15 is 0 Å². The Balaban J connectivity index is 0. The molecule has 1 N–H and O–H groups in total. The summed E-state index contributed by atoms with van der Waals surface area (Å²) in [6, 6.07) is 0. The molecule has 0 aliphatic rings. The molecule has 0 aliphatic heterocycles. The first-order valence-electron chi connectivity index (χ1n) is 5.07. The lowest BCUT2D eigenvalue weighted by Crippen LogP contribution is -2.21. The van der Waals surface area contributed by atoms with Crippen molar-refractivity contribution in [2.24, 2.45) is 0 Å². The Labute approximate surface area is 92.6 Å². The molecule has 96 valence electrons. The number of alkyl halides is 3. The second kappa shape index (κ2) is 9.18. The largest absolute Gasteiger partial charge is 0.490 e. The molecule has 0 aromatic carbocycles. The van der Waals surface area contributed by atoms with Gasteiger partial charge in [-0.1, -0.05) is 20.3 Å². The van der Waals surface area contributed by atoms with Crippen molar-refractivity contribution >= 4 is 11.8 Å². The van der Waals surface area contributed by atoms with Crippen molar-refractivity contribution in [3.8, 4) is 0 Å². The zero-order valence-corrected chi connectivity index (χ0v) is 9.43. The lowest BCUT2D eigenvalue weighted by molar-refractivity contribution is -0.192. The molecule has 0 radical (unpaired) electrons. The average Bonchev–Trinajstić information content (AvgIpc) is 2.14. The molecular weight excluding hydrogens is 225 g/mol. The molecule has 0 rings (SSSR count). The van der Waals surface area contributed by atoms with Crippen LogP contribution in [0.5, 0.6) is 0 Å². The van der Waals surface area contributed by atoms with Crippen LogP contribution in [0.25, 0.3) is 0 Å². The van der Waals surface area contributed by atoms with Gasteiger partial charge >= 0.3 is 12.1 Å². The number of hydrogen-bond acceptors (Lipinski definition) is 2. The molecule has 0 saturated carbocycles. The summed E-state index contributed by atoms with van der Waals surface area (Å²) in [5.74, 6) is -2.33. The van der Waals surface area contributed by atoms with Crippen molar-refractivity contribution in [2.75, 3.05) is 0 Å². The fraction of sp³-hybridized carbons (Fsp3) is 0.800. The third-order valence-electron chi connectivity index (χ3n) is 1.58. The topological polar surface area (TPSA) is 54.4 Å². The van der Waals surface area contributed by atoms with Gasteiger partial charge in [-0.2, -0.15) is 13.2 Å². The highest BCUT2D eigenvalue weighted by Gasteiger charge is 2.38. The minimum absolute atomic E-state index is 0.430. The van der Waals surface area contributed by atoms with Crippen LogP contribution >= 0.6 is 0 Å². The highest BCUT2D eigenvalue weighted by atomic mass is 19.4. The molecule has 0 fully saturated rings. The first-order chi connectivity index (χ1) is 7.25. The Bertz CT molecular complexity index is 212. The van der Waals surface area contributed by atoms with Crippen LogP contribution in [0, 0.1) is 0 Å². The van der Waals surface area contributed by atoms with Gasteiger partial charge in [-0.15, -0.1) is 0 Å². The van der Waals surface area contributed by atoms with Crippen molar-refractivity contribution in [1.82, 2.24) is 0 Å². The lowest BCUT2D eigenvalue weighted by atomic mass is 10.1. The summed E-state index contributed by atoms with van der Waals surface area (Å²) in [7, 11) is 0. The molecule has 0 unspecified atom stereocenters. The number of hydrogen-bond donors (Lipinski definition) is 1. The van der Waals surface area contributed by atoms with Crippen LogP contribution in [-0.2, 0) is 9.59 Å². The number of Topliss-reactive ketones (excluding diaryl/α,β-unsaturated/α-hetero) is 1. The Morgan fingerprint density at radius 1 is 1.06 bits per heavy atom. The van der Waals surface area contributed by atoms with E-state index in [9.17, 15) is 18.0 Å². The van der Waals surface area contributed by atoms with Crippen LogP contribution in [0.15, 0.2) is 0 Å². The van der Waals surface area contributed by atoms with Crippen molar-refractivity contribution < 1.29 is 27.9 Å². The number of aliphatic carboxylic acids is 1. The van der Waals surface area contributed by atoms with Gasteiger partial charge in [-0.05, 0) is 12.8 Å². The second-order valence-corrected chi connectivity index (χ2v) is 3.20. The molecule has 6 heteroatoms. The van der Waals surface area contributed by atoms with Crippen LogP contribution in [0.1, 0.15) is 46.0 Å². The first kappa shape index (κ1) is 17.3. The summed E-state index contributed by atoms with van der Waals surface area (Å²) in [5, 5.41) is 7.12. The maximum absolute atomic E-state index is 10.8. The standard InChI is InChI=1S/C8H16O.C2HF3O2/c1-3-5-7-8(9)6-4-2;3-2(4,5)1(6)7/h3-7H2,1-2H3;(H,6,7). The van der Waals surface area contributed by atoms with Crippen molar-refractivity contribution in [3.05, 3.63) is 0 Å². The fourth-order valence-electron chi connectivity index (χ4n) is 0.778. The van der Waals surface area contributed by atoms with Crippen LogP contribution in [0.3, 0.4) is 0 Å². The third kappa shape index (κ3) is 12.9. The molecule has 0 amide bonds. The molecule has 0 bridgehead atoms. The predicted octanol–water partition coefficient (Wildman–Crippen LogP) is 3.18. The van der Waals surface area contributed by atoms with Crippen molar-refractivity contribution in [2.45, 2.75) is 52.1 Å². The van der Waals surface area contributed by atoms with E-state index < -0.39 is 12.1 Å². The van der Waals surface area contributed by atoms with Crippen LogP contribution in [0.4, 0.5) is 13.2 Å². The van der Waals surface area contributed by atoms with E-state index in [2.05, 4.69) is 6.92 Å². The number of rotatable bonds is 5. The summed E-state index contributed by atoms with van der Waals surface area (Å²) < 4.78 is 31.7. The van der Waals surface area contributed by atoms with Crippen LogP contribution in [-0.4, -0.2) is 23.0 Å². The fourth-order valence-corrected chi connectivity index (χ4v) is 0.778. The van der Waals surface area contributed by atoms with Gasteiger partial charge in [0.1, 0.15) is 5.78 Å². The highest BCUT2D eigenvalue weighted by molar-refractivity contribution is 5.78. The lowest BCUT2D eigenvalue weighted by Gasteiger charge is -1.94. The first-order valence-corrected chi connectivity index (χ1v) is 5.07. The van der Waals surface area contributed by atoms with E-state index in [-0.39, 0.29) is 0 Å². The van der Waals surface area contributed by atoms with E-state index in [0.717, 1.165) is 32.1 Å². The van der Waals surface area contributed by atoms with Gasteiger partial charge in [0.25, 0.3) is 0 Å². The number of carboxylic acids is 1. The average molecular weight is 242 g/mol. The number of halogens is 3. The molecule has 0 saturated heterocycles. The van der Waals surface area contributed by atoms with Gasteiger partial charge in [-0.25, -0.2) is 4.79 Å². The molecule has 0 aromatic rings. The Morgan fingerprint density at radius 3 is 1.75 bits per heavy atom. The predicted molar refractivity (Wildman–Crippen MR) is 53.1 cm³/mol. The number of carboxylic acid groups (broad SMARTS) is 1. The summed E-state index contributed by atoms with van der Waals surface area (Å²) in [6.07, 6.45) is -0.304. The summed E-state index contributed by atoms with van der Waals surface area (Å²) >= 11 is 0. The molecule has 3 nitrogen and oxygen atoms in total. The smallest absolute Gasteiger partial charge is 0.475 e. The van der Waals surface area contributed by atoms with Gasteiger partial charge in [0, 0.05) is 12.8 Å². The molecule has 16 heavy (non-hydrogen) atoms. The highest BCUT2D eigenvalue weighted by Crippen LogP contribution is 2.13. The molecular formula is C10H17F3O3. The second-order valence-electron chi connectivity index (χ2n) is 3.20.